The molecule has 128 valence electrons. The lowest BCUT2D eigenvalue weighted by Gasteiger charge is -2.28. The number of nitrogens with zero attached hydrogens (tertiary/aromatic N) is 1. The molecule has 1 aliphatic rings. The van der Waals surface area contributed by atoms with Gasteiger partial charge in [-0.25, -0.2) is 4.98 Å². The minimum absolute atomic E-state index is 0.545. The van der Waals surface area contributed by atoms with E-state index in [4.69, 9.17) is 11.6 Å². The molecule has 0 spiro atoms. The Morgan fingerprint density at radius 2 is 1.50 bits per heavy atom. The van der Waals surface area contributed by atoms with Crippen LogP contribution < -0.4 is 0 Å². The van der Waals surface area contributed by atoms with Gasteiger partial charge in [-0.2, -0.15) is 0 Å². The first kappa shape index (κ1) is 17.5. The van der Waals surface area contributed by atoms with E-state index >= 15 is 0 Å². The molecule has 2 aromatic rings. The van der Waals surface area contributed by atoms with Gasteiger partial charge in [0.05, 0.1) is 0 Å². The standard InChI is InChI=1S/C22H28ClN/c1-2-3-17-4-6-18(7-5-17)8-9-19-10-12-20(13-11-19)21-14-15-22(23)24-16-21/h10-18H,2-9H2,1H3. The molecule has 0 saturated heterocycles. The Labute approximate surface area is 151 Å². The highest BCUT2D eigenvalue weighted by molar-refractivity contribution is 6.29. The smallest absolute Gasteiger partial charge is 0.129 e. The molecule has 1 saturated carbocycles. The van der Waals surface area contributed by atoms with Crippen molar-refractivity contribution < 1.29 is 0 Å². The Morgan fingerprint density at radius 1 is 0.875 bits per heavy atom. The lowest BCUT2D eigenvalue weighted by Crippen LogP contribution is -2.15. The fraction of sp³-hybridized carbons (Fsp3) is 0.500. The van der Waals surface area contributed by atoms with Crippen molar-refractivity contribution in [1.29, 1.82) is 0 Å². The molecule has 2 heteroatoms. The zero-order valence-electron chi connectivity index (χ0n) is 14.7. The highest BCUT2D eigenvalue weighted by Gasteiger charge is 2.20. The Balaban J connectivity index is 1.49. The van der Waals surface area contributed by atoms with Crippen LogP contribution in [0.15, 0.2) is 42.6 Å². The van der Waals surface area contributed by atoms with E-state index in [1.165, 1.54) is 62.5 Å². The number of aryl methyl sites for hydroxylation is 1. The molecule has 1 nitrogen and oxygen atoms in total. The van der Waals surface area contributed by atoms with Crippen LogP contribution in [-0.4, -0.2) is 4.98 Å². The van der Waals surface area contributed by atoms with E-state index in [-0.39, 0.29) is 0 Å². The summed E-state index contributed by atoms with van der Waals surface area (Å²) >= 11 is 5.85. The minimum Gasteiger partial charge on any atom is -0.244 e. The zero-order valence-corrected chi connectivity index (χ0v) is 15.4. The third-order valence-electron chi connectivity index (χ3n) is 5.52. The maximum absolute atomic E-state index is 5.85. The zero-order chi connectivity index (χ0) is 16.8. The Kier molecular flexibility index (Phi) is 6.31. The van der Waals surface area contributed by atoms with Crippen LogP contribution in [0.4, 0.5) is 0 Å². The van der Waals surface area contributed by atoms with Gasteiger partial charge in [-0.3, -0.25) is 0 Å². The summed E-state index contributed by atoms with van der Waals surface area (Å²) in [4.78, 5) is 4.16. The van der Waals surface area contributed by atoms with Crippen molar-refractivity contribution in [3.8, 4) is 11.1 Å². The van der Waals surface area contributed by atoms with Gasteiger partial charge in [0.25, 0.3) is 0 Å². The molecule has 3 rings (SSSR count). The third-order valence-corrected chi connectivity index (χ3v) is 5.74. The van der Waals surface area contributed by atoms with Gasteiger partial charge in [0.2, 0.25) is 0 Å². The van der Waals surface area contributed by atoms with Crippen molar-refractivity contribution in [1.82, 2.24) is 4.98 Å². The van der Waals surface area contributed by atoms with Crippen molar-refractivity contribution in [3.63, 3.8) is 0 Å². The van der Waals surface area contributed by atoms with E-state index in [0.717, 1.165) is 17.4 Å². The minimum atomic E-state index is 0.545. The summed E-state index contributed by atoms with van der Waals surface area (Å²) in [6, 6.07) is 12.8. The monoisotopic (exact) mass is 341 g/mol. The quantitative estimate of drug-likeness (QED) is 0.518. The van der Waals surface area contributed by atoms with E-state index < -0.39 is 0 Å². The molecule has 24 heavy (non-hydrogen) atoms. The van der Waals surface area contributed by atoms with Crippen molar-refractivity contribution in [3.05, 3.63) is 53.3 Å². The largest absolute Gasteiger partial charge is 0.244 e. The van der Waals surface area contributed by atoms with Crippen LogP contribution in [0.1, 0.15) is 57.4 Å². The highest BCUT2D eigenvalue weighted by Crippen LogP contribution is 2.34. The van der Waals surface area contributed by atoms with Gasteiger partial charge in [-0.05, 0) is 47.9 Å². The van der Waals surface area contributed by atoms with Crippen LogP contribution in [0.2, 0.25) is 5.15 Å². The second-order valence-corrected chi connectivity index (χ2v) is 7.67. The van der Waals surface area contributed by atoms with Crippen molar-refractivity contribution >= 4 is 11.6 Å². The van der Waals surface area contributed by atoms with E-state index in [2.05, 4.69) is 36.2 Å². The van der Waals surface area contributed by atoms with Crippen LogP contribution in [0.5, 0.6) is 0 Å². The molecule has 0 atom stereocenters. The summed E-state index contributed by atoms with van der Waals surface area (Å²) < 4.78 is 0. The summed E-state index contributed by atoms with van der Waals surface area (Å²) in [6.45, 7) is 2.32. The van der Waals surface area contributed by atoms with Crippen LogP contribution in [0, 0.1) is 11.8 Å². The lowest BCUT2D eigenvalue weighted by atomic mass is 9.78. The van der Waals surface area contributed by atoms with Crippen LogP contribution >= 0.6 is 11.6 Å². The van der Waals surface area contributed by atoms with Gasteiger partial charge in [0.15, 0.2) is 0 Å². The number of rotatable bonds is 6. The second kappa shape index (κ2) is 8.67. The molecule has 0 unspecified atom stereocenters. The number of aromatic nitrogens is 1. The Bertz CT molecular complexity index is 609. The molecule has 0 N–H and O–H groups in total. The van der Waals surface area contributed by atoms with Gasteiger partial charge in [-0.1, -0.05) is 81.3 Å². The van der Waals surface area contributed by atoms with Crippen LogP contribution in [-0.2, 0) is 6.42 Å². The number of pyridine rings is 1. The van der Waals surface area contributed by atoms with Crippen molar-refractivity contribution in [2.24, 2.45) is 11.8 Å². The Morgan fingerprint density at radius 3 is 2.08 bits per heavy atom. The van der Waals surface area contributed by atoms with Gasteiger partial charge < -0.3 is 0 Å². The molecular weight excluding hydrogens is 314 g/mol. The summed E-state index contributed by atoms with van der Waals surface area (Å²) in [7, 11) is 0. The second-order valence-electron chi connectivity index (χ2n) is 7.28. The average Bonchev–Trinajstić information content (AvgIpc) is 2.63. The molecule has 0 bridgehead atoms. The van der Waals surface area contributed by atoms with E-state index in [0.29, 0.717) is 5.15 Å². The van der Waals surface area contributed by atoms with Gasteiger partial charge >= 0.3 is 0 Å². The summed E-state index contributed by atoms with van der Waals surface area (Å²) in [5.41, 5.74) is 3.79. The molecule has 1 fully saturated rings. The van der Waals surface area contributed by atoms with E-state index in [9.17, 15) is 0 Å². The Hall–Kier alpha value is -1.34. The number of benzene rings is 1. The highest BCUT2D eigenvalue weighted by atomic mass is 35.5. The lowest BCUT2D eigenvalue weighted by molar-refractivity contribution is 0.252. The molecule has 1 aromatic heterocycles. The summed E-state index contributed by atoms with van der Waals surface area (Å²) in [6.07, 6.45) is 13.0. The number of halogens is 1. The maximum Gasteiger partial charge on any atom is 0.129 e. The summed E-state index contributed by atoms with van der Waals surface area (Å²) in [5.74, 6) is 1.96. The molecule has 0 amide bonds. The first-order chi connectivity index (χ1) is 11.7. The first-order valence-corrected chi connectivity index (χ1v) is 9.83. The molecule has 1 aliphatic carbocycles. The SMILES string of the molecule is CCCC1CCC(CCc2ccc(-c3ccc(Cl)nc3)cc2)CC1. The predicted octanol–water partition coefficient (Wildman–Crippen LogP) is 6.94. The maximum atomic E-state index is 5.85. The fourth-order valence-corrected chi connectivity index (χ4v) is 4.11. The van der Waals surface area contributed by atoms with Crippen LogP contribution in [0.3, 0.4) is 0 Å². The average molecular weight is 342 g/mol. The van der Waals surface area contributed by atoms with Crippen molar-refractivity contribution in [2.45, 2.75) is 58.3 Å². The van der Waals surface area contributed by atoms with Crippen LogP contribution in [0.25, 0.3) is 11.1 Å². The van der Waals surface area contributed by atoms with Gasteiger partial charge in [0, 0.05) is 11.8 Å². The fourth-order valence-electron chi connectivity index (χ4n) is 4.00. The molecule has 0 radical (unpaired) electrons. The summed E-state index contributed by atoms with van der Waals surface area (Å²) in [5, 5.41) is 0.545. The van der Waals surface area contributed by atoms with Crippen molar-refractivity contribution in [2.75, 3.05) is 0 Å². The predicted molar refractivity (Wildman–Crippen MR) is 103 cm³/mol. The van der Waals surface area contributed by atoms with E-state index in [1.54, 1.807) is 0 Å². The molecule has 1 aromatic carbocycles. The van der Waals surface area contributed by atoms with E-state index in [1.807, 2.05) is 18.3 Å². The first-order valence-electron chi connectivity index (χ1n) is 9.45. The number of hydrogen-bond donors (Lipinski definition) is 0. The van der Waals surface area contributed by atoms with Gasteiger partial charge in [-0.15, -0.1) is 0 Å². The molecule has 0 aliphatic heterocycles. The van der Waals surface area contributed by atoms with Gasteiger partial charge in [0.1, 0.15) is 5.15 Å². The third kappa shape index (κ3) is 4.83. The normalized spacial score (nSPS) is 20.9. The number of hydrogen-bond acceptors (Lipinski definition) is 1. The topological polar surface area (TPSA) is 12.9 Å². The molecule has 1 heterocycles. The molecular formula is C22H28ClN.